The predicted octanol–water partition coefficient (Wildman–Crippen LogP) is 10.7. The van der Waals surface area contributed by atoms with E-state index in [-0.39, 0.29) is 45.1 Å². The second-order valence-electron chi connectivity index (χ2n) is 18.1. The van der Waals surface area contributed by atoms with Gasteiger partial charge in [-0.15, -0.1) is 0 Å². The van der Waals surface area contributed by atoms with Crippen LogP contribution < -0.4 is 0 Å². The van der Waals surface area contributed by atoms with Gasteiger partial charge in [0.05, 0.1) is 17.7 Å². The highest BCUT2D eigenvalue weighted by atomic mass is 16.5. The molecule has 0 spiro atoms. The summed E-state index contributed by atoms with van der Waals surface area (Å²) in [6.45, 7) is 18.1. The Balaban J connectivity index is 1.17. The molecule has 48 heavy (non-hydrogen) atoms. The largest absolute Gasteiger partial charge is 0.461 e. The lowest BCUT2D eigenvalue weighted by atomic mass is 9.33. The Morgan fingerprint density at radius 1 is 0.729 bits per heavy atom. The van der Waals surface area contributed by atoms with Gasteiger partial charge in [0.2, 0.25) is 0 Å². The van der Waals surface area contributed by atoms with Crippen molar-refractivity contribution in [3.05, 3.63) is 83.4 Å². The van der Waals surface area contributed by atoms with E-state index >= 15 is 0 Å². The lowest BCUT2D eigenvalue weighted by molar-refractivity contribution is -0.206. The molecule has 0 amide bonds. The predicted molar refractivity (Wildman–Crippen MR) is 191 cm³/mol. The summed E-state index contributed by atoms with van der Waals surface area (Å²) in [5, 5.41) is 0. The fraction of sp³-hybridized carbons (Fsp3) is 0.636. The standard InChI is InChI=1S/C44H58O4/c1-29-20-25-44(28-47-38(45)31-14-10-8-11-15-31)27-26-42(6)33(37(44)30(29)2)18-19-35-41(5)23-22-36(48-39(46)32-16-12-9-13-17-32)40(3,4)34(41)21-24-43(35,42)7/h8-18,29-30,34-37H,19-28H2,1-7H3/t29-,30+,34+,35-,36+,37-,41+,42-,43-,44-/m1/s1. The molecule has 4 heteroatoms. The Labute approximate surface area is 289 Å². The Bertz CT molecular complexity index is 1560. The van der Waals surface area contributed by atoms with Crippen molar-refractivity contribution >= 4 is 11.9 Å². The van der Waals surface area contributed by atoms with Gasteiger partial charge >= 0.3 is 11.9 Å². The minimum Gasteiger partial charge on any atom is -0.461 e. The molecule has 4 fully saturated rings. The fourth-order valence-corrected chi connectivity index (χ4v) is 12.7. The minimum absolute atomic E-state index is 0.00862. The zero-order chi connectivity index (χ0) is 34.1. The molecule has 0 aliphatic heterocycles. The van der Waals surface area contributed by atoms with E-state index in [0.29, 0.717) is 47.3 Å². The first-order valence-electron chi connectivity index (χ1n) is 19.0. The van der Waals surface area contributed by atoms with E-state index in [1.54, 1.807) is 5.57 Å². The summed E-state index contributed by atoms with van der Waals surface area (Å²) in [6.07, 6.45) is 12.8. The summed E-state index contributed by atoms with van der Waals surface area (Å²) in [6, 6.07) is 19.0. The molecule has 5 aliphatic rings. The van der Waals surface area contributed by atoms with Crippen LogP contribution in [0.3, 0.4) is 0 Å². The molecule has 5 aliphatic carbocycles. The normalized spacial score (nSPS) is 41.4. The van der Waals surface area contributed by atoms with Crippen LogP contribution in [0.1, 0.15) is 127 Å². The topological polar surface area (TPSA) is 52.6 Å². The van der Waals surface area contributed by atoms with Gasteiger partial charge in [-0.3, -0.25) is 0 Å². The maximum Gasteiger partial charge on any atom is 0.338 e. The second-order valence-corrected chi connectivity index (χ2v) is 18.1. The van der Waals surface area contributed by atoms with E-state index in [4.69, 9.17) is 9.47 Å². The smallest absolute Gasteiger partial charge is 0.338 e. The van der Waals surface area contributed by atoms with Crippen LogP contribution in [0, 0.1) is 56.7 Å². The third-order valence-corrected chi connectivity index (χ3v) is 15.9. The Morgan fingerprint density at radius 2 is 1.38 bits per heavy atom. The van der Waals surface area contributed by atoms with Crippen molar-refractivity contribution in [1.82, 2.24) is 0 Å². The van der Waals surface area contributed by atoms with Crippen LogP contribution in [0.15, 0.2) is 72.3 Å². The van der Waals surface area contributed by atoms with Gasteiger partial charge in [-0.1, -0.05) is 96.5 Å². The zero-order valence-corrected chi connectivity index (χ0v) is 30.5. The third kappa shape index (κ3) is 4.97. The van der Waals surface area contributed by atoms with Gasteiger partial charge in [0.1, 0.15) is 6.10 Å². The first-order chi connectivity index (χ1) is 22.8. The molecule has 4 nitrogen and oxygen atoms in total. The summed E-state index contributed by atoms with van der Waals surface area (Å²) in [4.78, 5) is 26.4. The molecule has 0 saturated heterocycles. The Kier molecular flexibility index (Phi) is 8.31. The Morgan fingerprint density at radius 3 is 2.04 bits per heavy atom. The highest BCUT2D eigenvalue weighted by Crippen LogP contribution is 2.76. The van der Waals surface area contributed by atoms with Gasteiger partial charge in [0.15, 0.2) is 0 Å². The van der Waals surface area contributed by atoms with Gasteiger partial charge in [-0.05, 0) is 128 Å². The number of hydrogen-bond acceptors (Lipinski definition) is 4. The van der Waals surface area contributed by atoms with Crippen molar-refractivity contribution in [2.75, 3.05) is 6.61 Å². The monoisotopic (exact) mass is 650 g/mol. The molecule has 0 radical (unpaired) electrons. The van der Waals surface area contributed by atoms with Crippen LogP contribution >= 0.6 is 0 Å². The molecular formula is C44H58O4. The summed E-state index contributed by atoms with van der Waals surface area (Å²) >= 11 is 0. The first-order valence-corrected chi connectivity index (χ1v) is 19.0. The number of rotatable bonds is 5. The van der Waals surface area contributed by atoms with Crippen LogP contribution in [0.5, 0.6) is 0 Å². The SMILES string of the molecule is C[C@H]1[C@H](C)CC[C@]2(COC(=O)c3ccccc3)CC[C@]3(C)C(=CC[C@@H]4[C@@]5(C)CC[C@H](OC(=O)c6ccccc6)C(C)(C)[C@@H]5CC[C@]43C)[C@@H]12. The van der Waals surface area contributed by atoms with E-state index < -0.39 is 0 Å². The summed E-state index contributed by atoms with van der Waals surface area (Å²) in [7, 11) is 0. The maximum atomic E-state index is 13.2. The van der Waals surface area contributed by atoms with Gasteiger partial charge in [-0.25, -0.2) is 9.59 Å². The molecular weight excluding hydrogens is 592 g/mol. The van der Waals surface area contributed by atoms with E-state index in [0.717, 1.165) is 38.5 Å². The number of hydrogen-bond donors (Lipinski definition) is 0. The second kappa shape index (κ2) is 11.9. The molecule has 258 valence electrons. The van der Waals surface area contributed by atoms with Gasteiger partial charge < -0.3 is 9.47 Å². The van der Waals surface area contributed by atoms with Crippen LogP contribution in [0.2, 0.25) is 0 Å². The van der Waals surface area contributed by atoms with E-state index in [1.807, 2.05) is 60.7 Å². The number of esters is 2. The average Bonchev–Trinajstić information content (AvgIpc) is 3.08. The lowest BCUT2D eigenvalue weighted by Gasteiger charge is -2.71. The van der Waals surface area contributed by atoms with Crippen molar-refractivity contribution in [2.24, 2.45) is 56.7 Å². The first kappa shape index (κ1) is 33.6. The molecule has 4 saturated carbocycles. The molecule has 10 atom stereocenters. The number of ether oxygens (including phenoxy) is 2. The van der Waals surface area contributed by atoms with Crippen molar-refractivity contribution in [1.29, 1.82) is 0 Å². The lowest BCUT2D eigenvalue weighted by Crippen LogP contribution is -2.65. The van der Waals surface area contributed by atoms with Gasteiger partial charge in [0.25, 0.3) is 0 Å². The molecule has 0 bridgehead atoms. The van der Waals surface area contributed by atoms with Crippen molar-refractivity contribution in [2.45, 2.75) is 112 Å². The molecule has 0 aromatic heterocycles. The van der Waals surface area contributed by atoms with E-state index in [2.05, 4.69) is 54.5 Å². The highest BCUT2D eigenvalue weighted by molar-refractivity contribution is 5.89. The van der Waals surface area contributed by atoms with Crippen LogP contribution in [-0.4, -0.2) is 24.6 Å². The number of fused-ring (bicyclic) bond motifs is 7. The maximum absolute atomic E-state index is 13.2. The molecule has 2 aromatic carbocycles. The molecule has 0 unspecified atom stereocenters. The van der Waals surface area contributed by atoms with Crippen LogP contribution in [-0.2, 0) is 9.47 Å². The summed E-state index contributed by atoms with van der Waals surface area (Å²) < 4.78 is 12.6. The molecule has 0 heterocycles. The summed E-state index contributed by atoms with van der Waals surface area (Å²) in [5.74, 6) is 2.36. The van der Waals surface area contributed by atoms with Gasteiger partial charge in [-0.2, -0.15) is 0 Å². The highest BCUT2D eigenvalue weighted by Gasteiger charge is 2.69. The van der Waals surface area contributed by atoms with Crippen molar-refractivity contribution < 1.29 is 19.1 Å². The Hall–Kier alpha value is -2.88. The quantitative estimate of drug-likeness (QED) is 0.239. The van der Waals surface area contributed by atoms with Gasteiger partial charge in [0, 0.05) is 10.8 Å². The van der Waals surface area contributed by atoms with E-state index in [9.17, 15) is 9.59 Å². The van der Waals surface area contributed by atoms with Crippen molar-refractivity contribution in [3.63, 3.8) is 0 Å². The molecule has 2 aromatic rings. The molecule has 7 rings (SSSR count). The number of benzene rings is 2. The number of allylic oxidation sites excluding steroid dienone is 2. The van der Waals surface area contributed by atoms with Crippen LogP contribution in [0.4, 0.5) is 0 Å². The third-order valence-electron chi connectivity index (χ3n) is 15.9. The fourth-order valence-electron chi connectivity index (χ4n) is 12.7. The van der Waals surface area contributed by atoms with E-state index in [1.165, 1.54) is 19.3 Å². The molecule has 0 N–H and O–H groups in total. The number of carbonyl (C=O) groups is 2. The number of carbonyl (C=O) groups excluding carboxylic acids is 2. The average molecular weight is 651 g/mol. The zero-order valence-electron chi connectivity index (χ0n) is 30.5. The van der Waals surface area contributed by atoms with Crippen LogP contribution in [0.25, 0.3) is 0 Å². The minimum atomic E-state index is -0.188. The van der Waals surface area contributed by atoms with Crippen molar-refractivity contribution in [3.8, 4) is 0 Å². The summed E-state index contributed by atoms with van der Waals surface area (Å²) in [5.41, 5.74) is 3.39.